The van der Waals surface area contributed by atoms with E-state index in [1.165, 1.54) is 12.1 Å². The Hall–Kier alpha value is -1.99. The minimum atomic E-state index is -4.74. The van der Waals surface area contributed by atoms with E-state index in [1.807, 2.05) is 12.1 Å². The van der Waals surface area contributed by atoms with Gasteiger partial charge in [0.05, 0.1) is 11.7 Å². The van der Waals surface area contributed by atoms with E-state index >= 15 is 0 Å². The van der Waals surface area contributed by atoms with Crippen LogP contribution in [0.15, 0.2) is 42.7 Å². The molecule has 0 amide bonds. The highest BCUT2D eigenvalue weighted by Crippen LogP contribution is 2.35. The molecule has 1 saturated heterocycles. The third-order valence-electron chi connectivity index (χ3n) is 4.51. The molecule has 7 heteroatoms. The Labute approximate surface area is 142 Å². The standard InChI is InChI=1S/C18H18F4N2O/c19-15-3-1-2-13(17(15)18(20,21)22)9-24-10-14(16(25)11-24)8-12-4-6-23-7-5-12/h1-7,14,16,25H,8-11H2/t14-,16-/m1/s1. The van der Waals surface area contributed by atoms with E-state index in [0.29, 0.717) is 13.0 Å². The lowest BCUT2D eigenvalue weighted by molar-refractivity contribution is -0.140. The van der Waals surface area contributed by atoms with Crippen molar-refractivity contribution in [2.45, 2.75) is 25.2 Å². The summed E-state index contributed by atoms with van der Waals surface area (Å²) >= 11 is 0. The first-order chi connectivity index (χ1) is 11.8. The summed E-state index contributed by atoms with van der Waals surface area (Å²) < 4.78 is 53.0. The fraction of sp³-hybridized carbons (Fsp3) is 0.389. The molecule has 1 aliphatic rings. The Morgan fingerprint density at radius 2 is 1.84 bits per heavy atom. The van der Waals surface area contributed by atoms with Gasteiger partial charge in [-0.2, -0.15) is 13.2 Å². The number of nitrogens with zero attached hydrogens (tertiary/aromatic N) is 2. The van der Waals surface area contributed by atoms with Gasteiger partial charge in [0, 0.05) is 37.9 Å². The molecule has 3 nitrogen and oxygen atoms in total. The van der Waals surface area contributed by atoms with E-state index in [2.05, 4.69) is 4.98 Å². The number of likely N-dealkylation sites (tertiary alicyclic amines) is 1. The van der Waals surface area contributed by atoms with Gasteiger partial charge in [0.25, 0.3) is 0 Å². The van der Waals surface area contributed by atoms with E-state index in [-0.39, 0.29) is 24.6 Å². The summed E-state index contributed by atoms with van der Waals surface area (Å²) in [4.78, 5) is 5.67. The number of aliphatic hydroxyl groups excluding tert-OH is 1. The quantitative estimate of drug-likeness (QED) is 0.856. The zero-order chi connectivity index (χ0) is 18.0. The molecule has 2 atom stereocenters. The zero-order valence-electron chi connectivity index (χ0n) is 13.4. The molecule has 3 rings (SSSR count). The van der Waals surface area contributed by atoms with Gasteiger partial charge in [0.1, 0.15) is 5.82 Å². The number of pyridine rings is 1. The number of alkyl halides is 3. The molecule has 2 aromatic rings. The number of rotatable bonds is 4. The van der Waals surface area contributed by atoms with Crippen LogP contribution in [0.25, 0.3) is 0 Å². The van der Waals surface area contributed by atoms with Gasteiger partial charge in [0.15, 0.2) is 0 Å². The number of hydrogen-bond acceptors (Lipinski definition) is 3. The van der Waals surface area contributed by atoms with Crippen molar-refractivity contribution in [3.63, 3.8) is 0 Å². The van der Waals surface area contributed by atoms with Crippen LogP contribution < -0.4 is 0 Å². The van der Waals surface area contributed by atoms with Crippen LogP contribution >= 0.6 is 0 Å². The minimum absolute atomic E-state index is 0.0451. The molecule has 0 saturated carbocycles. The fourth-order valence-corrected chi connectivity index (χ4v) is 3.35. The van der Waals surface area contributed by atoms with E-state index < -0.39 is 23.7 Å². The van der Waals surface area contributed by atoms with E-state index in [9.17, 15) is 22.7 Å². The molecule has 1 fully saturated rings. The predicted octanol–water partition coefficient (Wildman–Crippen LogP) is 3.27. The normalized spacial score (nSPS) is 21.6. The Kier molecular flexibility index (Phi) is 5.06. The second-order valence-corrected chi connectivity index (χ2v) is 6.35. The topological polar surface area (TPSA) is 36.4 Å². The van der Waals surface area contributed by atoms with Crippen LogP contribution in [0.2, 0.25) is 0 Å². The van der Waals surface area contributed by atoms with Crippen molar-refractivity contribution in [3.8, 4) is 0 Å². The second kappa shape index (κ2) is 7.09. The maximum atomic E-state index is 13.7. The molecule has 1 aromatic carbocycles. The van der Waals surface area contributed by atoms with Crippen molar-refractivity contribution in [2.75, 3.05) is 13.1 Å². The monoisotopic (exact) mass is 354 g/mol. The summed E-state index contributed by atoms with van der Waals surface area (Å²) in [5.74, 6) is -1.34. The second-order valence-electron chi connectivity index (χ2n) is 6.35. The number of aliphatic hydroxyl groups is 1. The molecule has 0 bridgehead atoms. The summed E-state index contributed by atoms with van der Waals surface area (Å²) in [5, 5.41) is 10.2. The van der Waals surface area contributed by atoms with Crippen molar-refractivity contribution in [1.29, 1.82) is 0 Å². The minimum Gasteiger partial charge on any atom is -0.391 e. The van der Waals surface area contributed by atoms with Crippen LogP contribution in [0.4, 0.5) is 17.6 Å². The maximum absolute atomic E-state index is 13.7. The summed E-state index contributed by atoms with van der Waals surface area (Å²) in [5.41, 5.74) is -0.311. The third-order valence-corrected chi connectivity index (χ3v) is 4.51. The zero-order valence-corrected chi connectivity index (χ0v) is 13.4. The Bertz CT molecular complexity index is 721. The maximum Gasteiger partial charge on any atom is 0.419 e. The summed E-state index contributed by atoms with van der Waals surface area (Å²) in [6.45, 7) is 0.678. The highest BCUT2D eigenvalue weighted by Gasteiger charge is 2.38. The van der Waals surface area contributed by atoms with Crippen LogP contribution in [0.5, 0.6) is 0 Å². The Balaban J connectivity index is 1.72. The molecule has 134 valence electrons. The van der Waals surface area contributed by atoms with Crippen LogP contribution in [-0.4, -0.2) is 34.2 Å². The smallest absolute Gasteiger partial charge is 0.391 e. The first-order valence-electron chi connectivity index (χ1n) is 7.98. The third kappa shape index (κ3) is 4.16. The molecule has 0 radical (unpaired) electrons. The summed E-state index contributed by atoms with van der Waals surface area (Å²) in [7, 11) is 0. The molecule has 2 heterocycles. The van der Waals surface area contributed by atoms with E-state index in [0.717, 1.165) is 11.6 Å². The SMILES string of the molecule is O[C@@H]1CN(Cc2cccc(F)c2C(F)(F)F)C[C@H]1Cc1ccncc1. The van der Waals surface area contributed by atoms with Gasteiger partial charge in [-0.05, 0) is 35.7 Å². The molecule has 1 aliphatic heterocycles. The van der Waals surface area contributed by atoms with E-state index in [4.69, 9.17) is 0 Å². The molecular formula is C18H18F4N2O. The highest BCUT2D eigenvalue weighted by molar-refractivity contribution is 5.31. The number of hydrogen-bond donors (Lipinski definition) is 1. The van der Waals surface area contributed by atoms with Gasteiger partial charge in [0.2, 0.25) is 0 Å². The van der Waals surface area contributed by atoms with Crippen molar-refractivity contribution in [2.24, 2.45) is 5.92 Å². The lowest BCUT2D eigenvalue weighted by atomic mass is 9.97. The first-order valence-corrected chi connectivity index (χ1v) is 7.98. The molecule has 25 heavy (non-hydrogen) atoms. The van der Waals surface area contributed by atoms with Gasteiger partial charge in [-0.25, -0.2) is 4.39 Å². The molecule has 0 spiro atoms. The van der Waals surface area contributed by atoms with Crippen molar-refractivity contribution in [1.82, 2.24) is 9.88 Å². The van der Waals surface area contributed by atoms with Gasteiger partial charge in [-0.3, -0.25) is 9.88 Å². The Morgan fingerprint density at radius 3 is 2.52 bits per heavy atom. The molecular weight excluding hydrogens is 336 g/mol. The lowest BCUT2D eigenvalue weighted by Crippen LogP contribution is -2.24. The number of β-amino-alcohol motifs (C(OH)–C–C–N with tert-alkyl or cyclic N) is 1. The van der Waals surface area contributed by atoms with Gasteiger partial charge >= 0.3 is 6.18 Å². The first kappa shape index (κ1) is 17.8. The number of benzene rings is 1. The summed E-state index contributed by atoms with van der Waals surface area (Å²) in [6.07, 6.45) is -1.42. The molecule has 0 aliphatic carbocycles. The van der Waals surface area contributed by atoms with Crippen LogP contribution in [0.3, 0.4) is 0 Å². The van der Waals surface area contributed by atoms with E-state index in [1.54, 1.807) is 17.3 Å². The Morgan fingerprint density at radius 1 is 1.12 bits per heavy atom. The van der Waals surface area contributed by atoms with Crippen LogP contribution in [-0.2, 0) is 19.1 Å². The molecule has 1 N–H and O–H groups in total. The molecule has 0 unspecified atom stereocenters. The number of aromatic nitrogens is 1. The molecule has 1 aromatic heterocycles. The average Bonchev–Trinajstić information content (AvgIpc) is 2.86. The van der Waals surface area contributed by atoms with Crippen molar-refractivity contribution < 1.29 is 22.7 Å². The predicted molar refractivity (Wildman–Crippen MR) is 84.1 cm³/mol. The van der Waals surface area contributed by atoms with Crippen LogP contribution in [0.1, 0.15) is 16.7 Å². The highest BCUT2D eigenvalue weighted by atomic mass is 19.4. The van der Waals surface area contributed by atoms with Gasteiger partial charge in [-0.15, -0.1) is 0 Å². The van der Waals surface area contributed by atoms with Crippen molar-refractivity contribution in [3.05, 3.63) is 65.2 Å². The van der Waals surface area contributed by atoms with Gasteiger partial charge in [-0.1, -0.05) is 12.1 Å². The lowest BCUT2D eigenvalue weighted by Gasteiger charge is -2.19. The largest absolute Gasteiger partial charge is 0.419 e. The fourth-order valence-electron chi connectivity index (χ4n) is 3.35. The van der Waals surface area contributed by atoms with Gasteiger partial charge < -0.3 is 5.11 Å². The summed E-state index contributed by atoms with van der Waals surface area (Å²) in [6, 6.07) is 7.08. The number of halogens is 4. The van der Waals surface area contributed by atoms with Crippen LogP contribution in [0, 0.1) is 11.7 Å². The average molecular weight is 354 g/mol. The van der Waals surface area contributed by atoms with Crippen molar-refractivity contribution >= 4 is 0 Å².